The molecular weight excluding hydrogens is 462 g/mol. The molecule has 2 saturated heterocycles. The molecule has 0 aromatic heterocycles. The number of amides is 4. The van der Waals surface area contributed by atoms with Crippen molar-refractivity contribution < 1.29 is 23.9 Å². The van der Waals surface area contributed by atoms with E-state index in [0.717, 1.165) is 10.7 Å². The number of hydrogen-bond acceptors (Lipinski definition) is 7. The highest BCUT2D eigenvalue weighted by Gasteiger charge is 2.52. The number of nitrogens with zero attached hydrogens (tertiary/aromatic N) is 3. The van der Waals surface area contributed by atoms with E-state index in [9.17, 15) is 19.2 Å². The Labute approximate surface area is 210 Å². The Kier molecular flexibility index (Phi) is 7.25. The average Bonchev–Trinajstić information content (AvgIpc) is 3.15. The van der Waals surface area contributed by atoms with Crippen molar-refractivity contribution in [2.45, 2.75) is 31.8 Å². The largest absolute Gasteiger partial charge is 0.465 e. The SMILES string of the molecule is CCC1(c2ccccc2)NC(=O)N(NC(=O)CN2CCN(c3ccc(C(=O)OC)cc3)CC2C)C1=O. The van der Waals surface area contributed by atoms with E-state index >= 15 is 0 Å². The van der Waals surface area contributed by atoms with E-state index in [0.29, 0.717) is 37.2 Å². The van der Waals surface area contributed by atoms with Crippen LogP contribution in [-0.2, 0) is 19.9 Å². The van der Waals surface area contributed by atoms with Gasteiger partial charge in [-0.2, -0.15) is 5.01 Å². The summed E-state index contributed by atoms with van der Waals surface area (Å²) in [5.74, 6) is -1.31. The lowest BCUT2D eigenvalue weighted by molar-refractivity contribution is -0.140. The van der Waals surface area contributed by atoms with Gasteiger partial charge in [-0.05, 0) is 43.2 Å². The fraction of sp³-hybridized carbons (Fsp3) is 0.385. The van der Waals surface area contributed by atoms with Crippen LogP contribution in [0, 0.1) is 0 Å². The first-order valence-corrected chi connectivity index (χ1v) is 12.0. The van der Waals surface area contributed by atoms with Gasteiger partial charge in [0.1, 0.15) is 5.54 Å². The lowest BCUT2D eigenvalue weighted by Gasteiger charge is -2.40. The number of esters is 1. The van der Waals surface area contributed by atoms with Crippen LogP contribution in [0.3, 0.4) is 0 Å². The molecule has 2 aromatic carbocycles. The lowest BCUT2D eigenvalue weighted by Crippen LogP contribution is -2.56. The van der Waals surface area contributed by atoms with Crippen LogP contribution in [0.5, 0.6) is 0 Å². The fourth-order valence-electron chi connectivity index (χ4n) is 4.77. The molecule has 0 radical (unpaired) electrons. The normalized spacial score (nSPS) is 22.4. The van der Waals surface area contributed by atoms with Crippen molar-refractivity contribution in [2.75, 3.05) is 38.2 Å². The van der Waals surface area contributed by atoms with Gasteiger partial charge in [-0.3, -0.25) is 19.9 Å². The van der Waals surface area contributed by atoms with E-state index in [1.54, 1.807) is 24.3 Å². The highest BCUT2D eigenvalue weighted by atomic mass is 16.5. The molecule has 10 heteroatoms. The minimum atomic E-state index is -1.20. The van der Waals surface area contributed by atoms with Crippen molar-refractivity contribution in [2.24, 2.45) is 0 Å². The molecule has 4 rings (SSSR count). The Bertz CT molecular complexity index is 1140. The van der Waals surface area contributed by atoms with E-state index in [4.69, 9.17) is 4.74 Å². The summed E-state index contributed by atoms with van der Waals surface area (Å²) in [5, 5.41) is 3.56. The molecule has 0 saturated carbocycles. The number of urea groups is 1. The van der Waals surface area contributed by atoms with Crippen molar-refractivity contribution in [3.8, 4) is 0 Å². The lowest BCUT2D eigenvalue weighted by atomic mass is 9.87. The first kappa shape index (κ1) is 25.2. The van der Waals surface area contributed by atoms with Crippen LogP contribution in [0.15, 0.2) is 54.6 Å². The van der Waals surface area contributed by atoms with Gasteiger partial charge in [-0.25, -0.2) is 9.59 Å². The smallest absolute Gasteiger partial charge is 0.344 e. The van der Waals surface area contributed by atoms with Gasteiger partial charge in [0, 0.05) is 31.4 Å². The first-order chi connectivity index (χ1) is 17.3. The summed E-state index contributed by atoms with van der Waals surface area (Å²) >= 11 is 0. The molecule has 2 aromatic rings. The van der Waals surface area contributed by atoms with Gasteiger partial charge in [0.2, 0.25) is 0 Å². The second-order valence-corrected chi connectivity index (χ2v) is 9.03. The van der Waals surface area contributed by atoms with Crippen molar-refractivity contribution in [1.82, 2.24) is 20.7 Å². The van der Waals surface area contributed by atoms with Gasteiger partial charge in [0.15, 0.2) is 0 Å². The van der Waals surface area contributed by atoms with Crippen molar-refractivity contribution in [3.05, 3.63) is 65.7 Å². The summed E-state index contributed by atoms with van der Waals surface area (Å²) in [6, 6.07) is 15.7. The van der Waals surface area contributed by atoms with E-state index in [-0.39, 0.29) is 18.6 Å². The molecular formula is C26H31N5O5. The van der Waals surface area contributed by atoms with Crippen molar-refractivity contribution >= 4 is 29.5 Å². The number of imide groups is 1. The summed E-state index contributed by atoms with van der Waals surface area (Å²) in [4.78, 5) is 54.6. The zero-order valence-corrected chi connectivity index (χ0v) is 20.7. The van der Waals surface area contributed by atoms with Crippen molar-refractivity contribution in [1.29, 1.82) is 0 Å². The second-order valence-electron chi connectivity index (χ2n) is 9.03. The van der Waals surface area contributed by atoms with Crippen LogP contribution in [0.4, 0.5) is 10.5 Å². The highest BCUT2D eigenvalue weighted by Crippen LogP contribution is 2.31. The van der Waals surface area contributed by atoms with Crippen LogP contribution in [-0.4, -0.2) is 73.1 Å². The van der Waals surface area contributed by atoms with Crippen LogP contribution in [0.25, 0.3) is 0 Å². The topological polar surface area (TPSA) is 111 Å². The highest BCUT2D eigenvalue weighted by molar-refractivity contribution is 6.08. The predicted octanol–water partition coefficient (Wildman–Crippen LogP) is 1.87. The molecule has 2 fully saturated rings. The van der Waals surface area contributed by atoms with E-state index in [2.05, 4.69) is 15.6 Å². The second kappa shape index (κ2) is 10.4. The van der Waals surface area contributed by atoms with E-state index < -0.39 is 23.4 Å². The molecule has 2 aliphatic heterocycles. The number of carbonyl (C=O) groups is 4. The molecule has 2 unspecified atom stereocenters. The maximum absolute atomic E-state index is 13.2. The Balaban J connectivity index is 1.35. The van der Waals surface area contributed by atoms with Gasteiger partial charge >= 0.3 is 12.0 Å². The Morgan fingerprint density at radius 3 is 2.39 bits per heavy atom. The Morgan fingerprint density at radius 2 is 1.78 bits per heavy atom. The summed E-state index contributed by atoms with van der Waals surface area (Å²) < 4.78 is 4.74. The number of hydrazine groups is 1. The quantitative estimate of drug-likeness (QED) is 0.447. The number of benzene rings is 2. The third-order valence-corrected chi connectivity index (χ3v) is 6.89. The number of hydrogen-bond donors (Lipinski definition) is 2. The summed E-state index contributed by atoms with van der Waals surface area (Å²) in [6.45, 7) is 5.88. The molecule has 0 aliphatic carbocycles. The van der Waals surface area contributed by atoms with Gasteiger partial charge in [-0.15, -0.1) is 0 Å². The summed E-state index contributed by atoms with van der Waals surface area (Å²) in [6.07, 6.45) is 0.355. The Hall–Kier alpha value is -3.92. The molecule has 10 nitrogen and oxygen atoms in total. The maximum atomic E-state index is 13.2. The van der Waals surface area contributed by atoms with Gasteiger partial charge in [0.25, 0.3) is 11.8 Å². The molecule has 2 aliphatic rings. The van der Waals surface area contributed by atoms with E-state index in [1.807, 2.05) is 49.1 Å². The molecule has 2 atom stereocenters. The predicted molar refractivity (Wildman–Crippen MR) is 133 cm³/mol. The number of rotatable bonds is 7. The van der Waals surface area contributed by atoms with Gasteiger partial charge in [0.05, 0.1) is 19.2 Å². The van der Waals surface area contributed by atoms with Crippen LogP contribution in [0.1, 0.15) is 36.2 Å². The average molecular weight is 494 g/mol. The number of anilines is 1. The standard InChI is InChI=1S/C26H31N5O5/c1-4-26(20-8-6-5-7-9-20)24(34)31(25(35)27-26)28-22(32)17-29-14-15-30(16-18(29)2)21-12-10-19(11-13-21)23(33)36-3/h5-13,18H,4,14-17H2,1-3H3,(H,27,35)(H,28,32). The zero-order valence-electron chi connectivity index (χ0n) is 20.7. The number of nitrogens with one attached hydrogen (secondary N) is 2. The molecule has 2 heterocycles. The zero-order chi connectivity index (χ0) is 25.9. The van der Waals surface area contributed by atoms with Gasteiger partial charge < -0.3 is 15.0 Å². The monoisotopic (exact) mass is 493 g/mol. The number of carbonyl (C=O) groups excluding carboxylic acids is 4. The van der Waals surface area contributed by atoms with Crippen molar-refractivity contribution in [3.63, 3.8) is 0 Å². The fourth-order valence-corrected chi connectivity index (χ4v) is 4.77. The Morgan fingerprint density at radius 1 is 1.08 bits per heavy atom. The molecule has 4 amide bonds. The molecule has 36 heavy (non-hydrogen) atoms. The molecule has 0 bridgehead atoms. The van der Waals surface area contributed by atoms with Gasteiger partial charge in [-0.1, -0.05) is 37.3 Å². The minimum Gasteiger partial charge on any atom is -0.465 e. The first-order valence-electron chi connectivity index (χ1n) is 12.0. The number of methoxy groups -OCH3 is 1. The maximum Gasteiger partial charge on any atom is 0.344 e. The molecule has 2 N–H and O–H groups in total. The molecule has 0 spiro atoms. The number of ether oxygens (including phenoxy) is 1. The third kappa shape index (κ3) is 4.76. The number of piperazine rings is 1. The van der Waals surface area contributed by atoms with Crippen LogP contribution < -0.4 is 15.6 Å². The molecule has 190 valence electrons. The summed E-state index contributed by atoms with van der Waals surface area (Å²) in [5.41, 5.74) is 3.45. The van der Waals surface area contributed by atoms with Crippen LogP contribution >= 0.6 is 0 Å². The minimum absolute atomic E-state index is 0.0481. The van der Waals surface area contributed by atoms with Crippen LogP contribution in [0.2, 0.25) is 0 Å². The summed E-state index contributed by atoms with van der Waals surface area (Å²) in [7, 11) is 1.35. The van der Waals surface area contributed by atoms with E-state index in [1.165, 1.54) is 7.11 Å². The third-order valence-electron chi connectivity index (χ3n) is 6.89.